The van der Waals surface area contributed by atoms with Gasteiger partial charge in [-0.05, 0) is 12.0 Å². The van der Waals surface area contributed by atoms with Gasteiger partial charge >= 0.3 is 0 Å². The molecule has 3 N–H and O–H groups in total. The van der Waals surface area contributed by atoms with Crippen molar-refractivity contribution in [2.75, 3.05) is 6.61 Å². The van der Waals surface area contributed by atoms with Crippen LogP contribution in [0.25, 0.3) is 0 Å². The van der Waals surface area contributed by atoms with E-state index in [0.29, 0.717) is 0 Å². The van der Waals surface area contributed by atoms with Crippen LogP contribution in [0.5, 0.6) is 0 Å². The molecule has 0 unspecified atom stereocenters. The Morgan fingerprint density at radius 2 is 1.83 bits per heavy atom. The van der Waals surface area contributed by atoms with Crippen LogP contribution >= 0.6 is 12.4 Å². The Morgan fingerprint density at radius 1 is 1.25 bits per heavy atom. The summed E-state index contributed by atoms with van der Waals surface area (Å²) in [6.07, 6.45) is 0.747. The van der Waals surface area contributed by atoms with Crippen molar-refractivity contribution in [1.29, 1.82) is 0 Å². The summed E-state index contributed by atoms with van der Waals surface area (Å²) in [6, 6.07) is 9.80. The zero-order chi connectivity index (χ0) is 8.10. The average molecular weight is 188 g/mol. The van der Waals surface area contributed by atoms with Crippen LogP contribution in [-0.4, -0.2) is 17.8 Å². The molecule has 12 heavy (non-hydrogen) atoms. The molecule has 2 nitrogen and oxygen atoms in total. The Hall–Kier alpha value is -0.570. The first-order chi connectivity index (χ1) is 5.33. The van der Waals surface area contributed by atoms with E-state index in [-0.39, 0.29) is 25.1 Å². The topological polar surface area (TPSA) is 46.2 Å². The van der Waals surface area contributed by atoms with Gasteiger partial charge in [-0.3, -0.25) is 0 Å². The van der Waals surface area contributed by atoms with Crippen molar-refractivity contribution in [3.05, 3.63) is 35.9 Å². The molecule has 0 aliphatic rings. The molecule has 0 bridgehead atoms. The molecular weight excluding hydrogens is 174 g/mol. The number of aliphatic hydroxyl groups is 1. The summed E-state index contributed by atoms with van der Waals surface area (Å²) < 4.78 is 0. The van der Waals surface area contributed by atoms with Gasteiger partial charge in [0.2, 0.25) is 0 Å². The van der Waals surface area contributed by atoms with Crippen LogP contribution < -0.4 is 5.73 Å². The van der Waals surface area contributed by atoms with Crippen molar-refractivity contribution in [3.63, 3.8) is 0 Å². The van der Waals surface area contributed by atoms with Crippen LogP contribution in [0, 0.1) is 0 Å². The van der Waals surface area contributed by atoms with Gasteiger partial charge in [0.1, 0.15) is 0 Å². The highest BCUT2D eigenvalue weighted by atomic mass is 35.5. The second kappa shape index (κ2) is 6.00. The Kier molecular flexibility index (Phi) is 5.72. The smallest absolute Gasteiger partial charge is 0.0585 e. The number of hydrogen-bond acceptors (Lipinski definition) is 2. The van der Waals surface area contributed by atoms with Gasteiger partial charge in [0.25, 0.3) is 0 Å². The highest BCUT2D eigenvalue weighted by molar-refractivity contribution is 5.85. The summed E-state index contributed by atoms with van der Waals surface area (Å²) in [5.74, 6) is 0. The summed E-state index contributed by atoms with van der Waals surface area (Å²) in [4.78, 5) is 0. The molecule has 0 amide bonds. The average Bonchev–Trinajstić information content (AvgIpc) is 2.06. The predicted molar refractivity (Wildman–Crippen MR) is 52.5 cm³/mol. The van der Waals surface area contributed by atoms with Gasteiger partial charge < -0.3 is 10.8 Å². The molecule has 0 radical (unpaired) electrons. The second-order valence-corrected chi connectivity index (χ2v) is 2.63. The first-order valence-corrected chi connectivity index (χ1v) is 3.73. The standard InChI is InChI=1S/C9H13NO.ClH/c10-9(7-11)6-8-4-2-1-3-5-8;/h1-5,9,11H,6-7,10H2;1H/t9-;/m1./s1. The Morgan fingerprint density at radius 3 is 2.33 bits per heavy atom. The molecule has 1 aromatic carbocycles. The Balaban J connectivity index is 0.00000121. The predicted octanol–water partition coefficient (Wildman–Crippen LogP) is 0.970. The van der Waals surface area contributed by atoms with Gasteiger partial charge in [-0.15, -0.1) is 12.4 Å². The lowest BCUT2D eigenvalue weighted by Gasteiger charge is -2.06. The first-order valence-electron chi connectivity index (χ1n) is 3.73. The van der Waals surface area contributed by atoms with Crippen LogP contribution in [-0.2, 0) is 6.42 Å². The van der Waals surface area contributed by atoms with Gasteiger partial charge in [-0.25, -0.2) is 0 Å². The van der Waals surface area contributed by atoms with Gasteiger partial charge in [0.15, 0.2) is 0 Å². The van der Waals surface area contributed by atoms with E-state index in [2.05, 4.69) is 0 Å². The fourth-order valence-electron chi connectivity index (χ4n) is 0.981. The number of halogens is 1. The van der Waals surface area contributed by atoms with Crippen molar-refractivity contribution in [2.45, 2.75) is 12.5 Å². The molecule has 3 heteroatoms. The van der Waals surface area contributed by atoms with Crippen molar-refractivity contribution in [3.8, 4) is 0 Å². The fraction of sp³-hybridized carbons (Fsp3) is 0.333. The van der Waals surface area contributed by atoms with E-state index in [1.807, 2.05) is 30.3 Å². The minimum absolute atomic E-state index is 0. The molecule has 0 heterocycles. The number of nitrogens with two attached hydrogens (primary N) is 1. The van der Waals surface area contributed by atoms with Gasteiger partial charge in [0, 0.05) is 6.04 Å². The summed E-state index contributed by atoms with van der Waals surface area (Å²) in [5.41, 5.74) is 6.73. The minimum atomic E-state index is -0.127. The third-order valence-corrected chi connectivity index (χ3v) is 1.58. The van der Waals surface area contributed by atoms with Gasteiger partial charge in [-0.1, -0.05) is 30.3 Å². The van der Waals surface area contributed by atoms with E-state index in [0.717, 1.165) is 6.42 Å². The normalized spacial score (nSPS) is 11.8. The summed E-state index contributed by atoms with van der Waals surface area (Å²) in [7, 11) is 0. The van der Waals surface area contributed by atoms with Crippen LogP contribution in [0.4, 0.5) is 0 Å². The molecular formula is C9H14ClNO. The zero-order valence-corrected chi connectivity index (χ0v) is 7.63. The number of rotatable bonds is 3. The van der Waals surface area contributed by atoms with Gasteiger partial charge in [0.05, 0.1) is 6.61 Å². The van der Waals surface area contributed by atoms with Crippen molar-refractivity contribution >= 4 is 12.4 Å². The lowest BCUT2D eigenvalue weighted by atomic mass is 10.1. The van der Waals surface area contributed by atoms with Crippen LogP contribution in [0.2, 0.25) is 0 Å². The lowest BCUT2D eigenvalue weighted by molar-refractivity contribution is 0.265. The highest BCUT2D eigenvalue weighted by Gasteiger charge is 1.99. The maximum Gasteiger partial charge on any atom is 0.0585 e. The number of hydrogen-bond donors (Lipinski definition) is 2. The molecule has 1 aromatic rings. The Bertz CT molecular complexity index is 203. The first kappa shape index (κ1) is 11.4. The monoisotopic (exact) mass is 187 g/mol. The van der Waals surface area contributed by atoms with E-state index in [1.165, 1.54) is 5.56 Å². The molecule has 1 atom stereocenters. The van der Waals surface area contributed by atoms with Crippen LogP contribution in [0.3, 0.4) is 0 Å². The van der Waals surface area contributed by atoms with Crippen LogP contribution in [0.15, 0.2) is 30.3 Å². The molecule has 0 aliphatic carbocycles. The minimum Gasteiger partial charge on any atom is -0.395 e. The van der Waals surface area contributed by atoms with Crippen molar-refractivity contribution < 1.29 is 5.11 Å². The maximum atomic E-state index is 8.67. The molecule has 1 rings (SSSR count). The van der Waals surface area contributed by atoms with E-state index < -0.39 is 0 Å². The summed E-state index contributed by atoms with van der Waals surface area (Å²) in [5, 5.41) is 8.67. The van der Waals surface area contributed by atoms with Crippen molar-refractivity contribution in [2.24, 2.45) is 5.73 Å². The molecule has 0 spiro atoms. The van der Waals surface area contributed by atoms with E-state index in [4.69, 9.17) is 10.8 Å². The molecule has 68 valence electrons. The van der Waals surface area contributed by atoms with Crippen molar-refractivity contribution in [1.82, 2.24) is 0 Å². The van der Waals surface area contributed by atoms with Gasteiger partial charge in [-0.2, -0.15) is 0 Å². The second-order valence-electron chi connectivity index (χ2n) is 2.63. The highest BCUT2D eigenvalue weighted by Crippen LogP contribution is 2.00. The molecule has 0 saturated carbocycles. The molecule has 0 fully saturated rings. The third kappa shape index (κ3) is 3.72. The number of aliphatic hydroxyl groups excluding tert-OH is 1. The Labute approximate surface area is 78.8 Å². The fourth-order valence-corrected chi connectivity index (χ4v) is 0.981. The quantitative estimate of drug-likeness (QED) is 0.741. The molecule has 0 aromatic heterocycles. The largest absolute Gasteiger partial charge is 0.395 e. The van der Waals surface area contributed by atoms with E-state index >= 15 is 0 Å². The third-order valence-electron chi connectivity index (χ3n) is 1.58. The summed E-state index contributed by atoms with van der Waals surface area (Å²) in [6.45, 7) is 0.0505. The maximum absolute atomic E-state index is 8.67. The van der Waals surface area contributed by atoms with Crippen LogP contribution in [0.1, 0.15) is 5.56 Å². The molecule has 0 aliphatic heterocycles. The zero-order valence-electron chi connectivity index (χ0n) is 6.81. The van der Waals surface area contributed by atoms with E-state index in [9.17, 15) is 0 Å². The lowest BCUT2D eigenvalue weighted by Crippen LogP contribution is -2.26. The molecule has 0 saturated heterocycles. The number of benzene rings is 1. The van der Waals surface area contributed by atoms with E-state index in [1.54, 1.807) is 0 Å². The SMILES string of the molecule is Cl.N[C@@H](CO)Cc1ccccc1. The summed E-state index contributed by atoms with van der Waals surface area (Å²) >= 11 is 0.